The highest BCUT2D eigenvalue weighted by Gasteiger charge is 2.15. The first-order valence-corrected chi connectivity index (χ1v) is 15.6. The molecule has 0 bridgehead atoms. The Labute approximate surface area is 244 Å². The van der Waals surface area contributed by atoms with Gasteiger partial charge in [0, 0.05) is 0 Å². The van der Waals surface area contributed by atoms with E-state index in [-0.39, 0.29) is 0 Å². The average molecular weight is 583 g/mol. The van der Waals surface area contributed by atoms with E-state index in [2.05, 4.69) is 24.7 Å². The van der Waals surface area contributed by atoms with Crippen molar-refractivity contribution in [2.75, 3.05) is 36.2 Å². The second-order valence-electron chi connectivity index (χ2n) is 8.74. The maximum absolute atomic E-state index is 12.3. The van der Waals surface area contributed by atoms with Gasteiger partial charge in [0.1, 0.15) is 11.5 Å². The van der Waals surface area contributed by atoms with E-state index in [1.54, 1.807) is 12.1 Å². The van der Waals surface area contributed by atoms with Crippen LogP contribution in [0.3, 0.4) is 0 Å². The monoisotopic (exact) mass is 582 g/mol. The van der Waals surface area contributed by atoms with Crippen LogP contribution in [0.5, 0.6) is 11.5 Å². The number of amides is 2. The second-order valence-corrected chi connectivity index (χ2v) is 11.5. The summed E-state index contributed by atoms with van der Waals surface area (Å²) in [4.78, 5) is 24.6. The molecule has 0 spiro atoms. The van der Waals surface area contributed by atoms with Crippen LogP contribution in [0.1, 0.15) is 47.4 Å². The minimum atomic E-state index is -0.395. The fourth-order valence-electron chi connectivity index (χ4n) is 4.00. The molecule has 0 radical (unpaired) electrons. The zero-order valence-corrected chi connectivity index (χ0v) is 24.7. The molecule has 0 aliphatic carbocycles. The summed E-state index contributed by atoms with van der Waals surface area (Å²) in [6.07, 6.45) is 1.77. The van der Waals surface area contributed by atoms with E-state index in [1.807, 2.05) is 72.1 Å². The van der Waals surface area contributed by atoms with Gasteiger partial charge in [-0.3, -0.25) is 20.4 Å². The van der Waals surface area contributed by atoms with Gasteiger partial charge in [-0.25, -0.2) is 11.7 Å². The summed E-state index contributed by atoms with van der Waals surface area (Å²) >= 11 is 3.71. The van der Waals surface area contributed by atoms with E-state index >= 15 is 0 Å². The van der Waals surface area contributed by atoms with Gasteiger partial charge >= 0.3 is 0 Å². The van der Waals surface area contributed by atoms with Crippen molar-refractivity contribution in [2.45, 2.75) is 26.7 Å². The molecular formula is C30H38N4O4S2. The molecule has 3 rings (SSSR count). The first-order chi connectivity index (χ1) is 19.5. The molecule has 3 aromatic rings. The van der Waals surface area contributed by atoms with Crippen molar-refractivity contribution in [3.63, 3.8) is 0 Å². The van der Waals surface area contributed by atoms with Crippen LogP contribution in [0.2, 0.25) is 0 Å². The molecule has 10 heteroatoms. The van der Waals surface area contributed by atoms with Crippen molar-refractivity contribution in [1.82, 2.24) is 10.9 Å². The first kappa shape index (κ1) is 31.3. The first-order valence-electron chi connectivity index (χ1n) is 13.3. The molecule has 0 aromatic heterocycles. The van der Waals surface area contributed by atoms with Crippen LogP contribution in [0.4, 0.5) is 0 Å². The zero-order chi connectivity index (χ0) is 28.7. The van der Waals surface area contributed by atoms with Crippen molar-refractivity contribution in [2.24, 2.45) is 11.7 Å². The molecule has 214 valence electrons. The molecule has 6 N–H and O–H groups in total. The number of nitrogen functional groups attached to an aromatic ring is 2. The Morgan fingerprint density at radius 1 is 0.650 bits per heavy atom. The predicted molar refractivity (Wildman–Crippen MR) is 167 cm³/mol. The minimum Gasteiger partial charge on any atom is -0.493 e. The summed E-state index contributed by atoms with van der Waals surface area (Å²) in [5.74, 6) is 15.1. The molecule has 0 heterocycles. The number of carbonyl (C=O) groups is 2. The summed E-state index contributed by atoms with van der Waals surface area (Å²) in [7, 11) is 0. The summed E-state index contributed by atoms with van der Waals surface area (Å²) in [6.45, 7) is 5.28. The molecule has 0 aliphatic rings. The van der Waals surface area contributed by atoms with Gasteiger partial charge in [-0.1, -0.05) is 50.2 Å². The SMILES string of the molecule is CCSCCCOc1cc(-c2ccc(-c3ccc(C(=O)NN)c(OCCCSCC)c3)cc2)ccc1C(=O)NN. The number of nitrogens with one attached hydrogen (secondary N) is 2. The lowest BCUT2D eigenvalue weighted by atomic mass is 9.98. The van der Waals surface area contributed by atoms with Crippen molar-refractivity contribution >= 4 is 35.3 Å². The lowest BCUT2D eigenvalue weighted by Gasteiger charge is -2.14. The van der Waals surface area contributed by atoms with E-state index in [0.717, 1.165) is 58.1 Å². The largest absolute Gasteiger partial charge is 0.493 e. The van der Waals surface area contributed by atoms with Crippen LogP contribution < -0.4 is 32.0 Å². The Kier molecular flexibility index (Phi) is 13.2. The average Bonchev–Trinajstić information content (AvgIpc) is 3.00. The fourth-order valence-corrected chi connectivity index (χ4v) is 5.22. The minimum absolute atomic E-state index is 0.395. The highest BCUT2D eigenvalue weighted by molar-refractivity contribution is 7.99. The van der Waals surface area contributed by atoms with Crippen LogP contribution in [-0.2, 0) is 0 Å². The molecule has 0 fully saturated rings. The van der Waals surface area contributed by atoms with E-state index in [0.29, 0.717) is 35.8 Å². The third kappa shape index (κ3) is 8.92. The Morgan fingerprint density at radius 3 is 1.38 bits per heavy atom. The second kappa shape index (κ2) is 16.8. The molecule has 3 aromatic carbocycles. The number of nitrogens with two attached hydrogens (primary N) is 2. The molecule has 0 atom stereocenters. The van der Waals surface area contributed by atoms with Gasteiger partial charge in [-0.05, 0) is 82.4 Å². The smallest absolute Gasteiger partial charge is 0.268 e. The molecule has 0 aliphatic heterocycles. The van der Waals surface area contributed by atoms with Crippen molar-refractivity contribution in [3.05, 3.63) is 71.8 Å². The van der Waals surface area contributed by atoms with E-state index in [4.69, 9.17) is 21.2 Å². The predicted octanol–water partition coefficient (Wildman–Crippen LogP) is 5.27. The van der Waals surface area contributed by atoms with Gasteiger partial charge in [-0.15, -0.1) is 0 Å². The van der Waals surface area contributed by atoms with Crippen LogP contribution in [0.15, 0.2) is 60.7 Å². The molecule has 2 amide bonds. The maximum atomic E-state index is 12.3. The van der Waals surface area contributed by atoms with Gasteiger partial charge in [0.15, 0.2) is 0 Å². The Hall–Kier alpha value is -3.18. The Bertz CT molecular complexity index is 1160. The number of thioether (sulfide) groups is 2. The lowest BCUT2D eigenvalue weighted by molar-refractivity contribution is 0.0941. The Balaban J connectivity index is 1.81. The summed E-state index contributed by atoms with van der Waals surface area (Å²) in [5.41, 5.74) is 8.96. The highest BCUT2D eigenvalue weighted by Crippen LogP contribution is 2.32. The lowest BCUT2D eigenvalue weighted by Crippen LogP contribution is -2.30. The van der Waals surface area contributed by atoms with Crippen LogP contribution in [0.25, 0.3) is 22.3 Å². The number of ether oxygens (including phenoxy) is 2. The molecule has 0 saturated heterocycles. The third-order valence-electron chi connectivity index (χ3n) is 6.06. The van der Waals surface area contributed by atoms with Gasteiger partial charge in [0.2, 0.25) is 0 Å². The van der Waals surface area contributed by atoms with Crippen LogP contribution in [-0.4, -0.2) is 48.0 Å². The number of rotatable bonds is 16. The summed E-state index contributed by atoms with van der Waals surface area (Å²) in [6, 6.07) is 19.0. The van der Waals surface area contributed by atoms with Crippen LogP contribution in [0, 0.1) is 0 Å². The number of benzene rings is 3. The highest BCUT2D eigenvalue weighted by atomic mass is 32.2. The number of hydrogen-bond acceptors (Lipinski definition) is 8. The normalized spacial score (nSPS) is 10.7. The standard InChI is InChI=1S/C30H38N4O4S2/c1-3-39-17-5-15-37-27-19-23(11-13-25(27)29(35)33-31)21-7-9-22(10-8-21)24-12-14-26(30(36)34-32)28(20-24)38-16-6-18-40-4-2/h7-14,19-20H,3-6,15-18,31-32H2,1-2H3,(H,33,35)(H,34,36). The van der Waals surface area contributed by atoms with Crippen molar-refractivity contribution in [3.8, 4) is 33.8 Å². The number of hydrazine groups is 2. The molecule has 8 nitrogen and oxygen atoms in total. The molecular weight excluding hydrogens is 544 g/mol. The van der Waals surface area contributed by atoms with Gasteiger partial charge in [-0.2, -0.15) is 23.5 Å². The summed E-state index contributed by atoms with van der Waals surface area (Å²) in [5, 5.41) is 0. The summed E-state index contributed by atoms with van der Waals surface area (Å²) < 4.78 is 12.0. The van der Waals surface area contributed by atoms with Crippen LogP contribution >= 0.6 is 23.5 Å². The Morgan fingerprint density at radius 2 is 1.02 bits per heavy atom. The van der Waals surface area contributed by atoms with E-state index in [1.165, 1.54) is 0 Å². The van der Waals surface area contributed by atoms with Crippen molar-refractivity contribution in [1.29, 1.82) is 0 Å². The fraction of sp³-hybridized carbons (Fsp3) is 0.333. The van der Waals surface area contributed by atoms with Crippen molar-refractivity contribution < 1.29 is 19.1 Å². The quantitative estimate of drug-likeness (QED) is 0.0778. The molecule has 0 unspecified atom stereocenters. The number of hydrogen-bond donors (Lipinski definition) is 4. The van der Waals surface area contributed by atoms with Gasteiger partial charge in [0.05, 0.1) is 24.3 Å². The van der Waals surface area contributed by atoms with E-state index < -0.39 is 11.8 Å². The molecule has 40 heavy (non-hydrogen) atoms. The van der Waals surface area contributed by atoms with E-state index in [9.17, 15) is 9.59 Å². The molecule has 0 saturated carbocycles. The van der Waals surface area contributed by atoms with Gasteiger partial charge in [0.25, 0.3) is 11.8 Å². The third-order valence-corrected chi connectivity index (χ3v) is 8.03. The topological polar surface area (TPSA) is 129 Å². The van der Waals surface area contributed by atoms with Gasteiger partial charge < -0.3 is 9.47 Å². The zero-order valence-electron chi connectivity index (χ0n) is 23.0. The maximum Gasteiger partial charge on any atom is 0.268 e. The number of carbonyl (C=O) groups excluding carboxylic acids is 2.